The minimum absolute atomic E-state index is 0.274. The van der Waals surface area contributed by atoms with E-state index in [0.717, 1.165) is 16.5 Å². The molecule has 1 N–H and O–H groups in total. The zero-order valence-corrected chi connectivity index (χ0v) is 10.2. The molecule has 2 rings (SSSR count). The normalized spacial score (nSPS) is 13.2. The maximum absolute atomic E-state index is 11.0. The molecule has 4 heteroatoms. The van der Waals surface area contributed by atoms with Crippen LogP contribution in [0.15, 0.2) is 24.4 Å². The molecular formula is C13H16N2O2. The number of aromatic nitrogens is 2. The molecule has 0 aliphatic heterocycles. The number of rotatable bonds is 3. The maximum Gasteiger partial charge on any atom is 0.310 e. The number of carboxylic acids is 1. The Hall–Kier alpha value is -1.84. The van der Waals surface area contributed by atoms with Crippen LogP contribution in [0.4, 0.5) is 0 Å². The first kappa shape index (κ1) is 11.6. The van der Waals surface area contributed by atoms with Crippen LogP contribution in [0.2, 0.25) is 0 Å². The zero-order valence-electron chi connectivity index (χ0n) is 10.2. The summed E-state index contributed by atoms with van der Waals surface area (Å²) in [7, 11) is 0. The van der Waals surface area contributed by atoms with Crippen LogP contribution in [0.3, 0.4) is 0 Å². The average Bonchev–Trinajstić information content (AvgIpc) is 2.71. The van der Waals surface area contributed by atoms with Crippen LogP contribution >= 0.6 is 0 Å². The molecule has 0 saturated carbocycles. The Kier molecular flexibility index (Phi) is 2.88. The zero-order chi connectivity index (χ0) is 12.6. The molecule has 90 valence electrons. The van der Waals surface area contributed by atoms with Crippen LogP contribution < -0.4 is 0 Å². The van der Waals surface area contributed by atoms with E-state index < -0.39 is 11.9 Å². The molecule has 0 fully saturated rings. The van der Waals surface area contributed by atoms with Gasteiger partial charge in [0.2, 0.25) is 0 Å². The second-order valence-corrected chi connectivity index (χ2v) is 4.55. The molecule has 1 atom stereocenters. The van der Waals surface area contributed by atoms with Crippen molar-refractivity contribution < 1.29 is 9.90 Å². The molecule has 4 nitrogen and oxygen atoms in total. The molecule has 0 aliphatic rings. The average molecular weight is 232 g/mol. The summed E-state index contributed by atoms with van der Waals surface area (Å²) in [5.74, 6) is -1.36. The molecule has 1 unspecified atom stereocenters. The minimum Gasteiger partial charge on any atom is -0.481 e. The molecule has 2 aromatic rings. The summed E-state index contributed by atoms with van der Waals surface area (Å²) in [6.07, 6.45) is 1.96. The highest BCUT2D eigenvalue weighted by molar-refractivity contribution is 5.87. The number of benzene rings is 1. The van der Waals surface area contributed by atoms with Gasteiger partial charge in [0.05, 0.1) is 11.4 Å². The van der Waals surface area contributed by atoms with Crippen molar-refractivity contribution in [3.05, 3.63) is 30.0 Å². The van der Waals surface area contributed by atoms with Crippen LogP contribution in [0.25, 0.3) is 10.9 Å². The van der Waals surface area contributed by atoms with Gasteiger partial charge in [0.25, 0.3) is 0 Å². The first-order chi connectivity index (χ1) is 8.00. The van der Waals surface area contributed by atoms with Crippen molar-refractivity contribution in [2.75, 3.05) is 0 Å². The number of nitrogens with zero attached hydrogens (tertiary/aromatic N) is 2. The summed E-state index contributed by atoms with van der Waals surface area (Å²) in [5.41, 5.74) is 1.56. The lowest BCUT2D eigenvalue weighted by Crippen LogP contribution is -2.08. The van der Waals surface area contributed by atoms with Crippen LogP contribution in [-0.2, 0) is 4.79 Å². The van der Waals surface area contributed by atoms with Gasteiger partial charge >= 0.3 is 5.97 Å². The Morgan fingerprint density at radius 3 is 2.65 bits per heavy atom. The Labute approximate surface area is 99.9 Å². The highest BCUT2D eigenvalue weighted by Crippen LogP contribution is 2.25. The lowest BCUT2D eigenvalue weighted by Gasteiger charge is -2.07. The molecule has 0 saturated heterocycles. The van der Waals surface area contributed by atoms with E-state index in [1.807, 2.05) is 42.9 Å². The Morgan fingerprint density at radius 1 is 1.35 bits per heavy atom. The fourth-order valence-electron chi connectivity index (χ4n) is 1.83. The number of aliphatic carboxylic acids is 1. The van der Waals surface area contributed by atoms with Crippen LogP contribution in [0.1, 0.15) is 38.3 Å². The van der Waals surface area contributed by atoms with Crippen LogP contribution in [0, 0.1) is 0 Å². The van der Waals surface area contributed by atoms with E-state index >= 15 is 0 Å². The van der Waals surface area contributed by atoms with Crippen molar-refractivity contribution >= 4 is 16.9 Å². The molecule has 17 heavy (non-hydrogen) atoms. The molecule has 0 aliphatic carbocycles. The lowest BCUT2D eigenvalue weighted by atomic mass is 9.99. The summed E-state index contributed by atoms with van der Waals surface area (Å²) in [6, 6.07) is 5.94. The van der Waals surface area contributed by atoms with E-state index in [1.54, 1.807) is 6.92 Å². The first-order valence-electron chi connectivity index (χ1n) is 5.71. The van der Waals surface area contributed by atoms with Gasteiger partial charge in [-0.2, -0.15) is 5.10 Å². The van der Waals surface area contributed by atoms with Gasteiger partial charge in [-0.15, -0.1) is 0 Å². The van der Waals surface area contributed by atoms with Crippen molar-refractivity contribution in [2.24, 2.45) is 0 Å². The lowest BCUT2D eigenvalue weighted by molar-refractivity contribution is -0.138. The maximum atomic E-state index is 11.0. The van der Waals surface area contributed by atoms with Gasteiger partial charge in [0.15, 0.2) is 0 Å². The molecule has 1 aromatic heterocycles. The van der Waals surface area contributed by atoms with E-state index in [2.05, 4.69) is 5.10 Å². The van der Waals surface area contributed by atoms with Gasteiger partial charge in [0.1, 0.15) is 0 Å². The standard InChI is InChI=1S/C13H16N2O2/c1-8(2)15-7-10-5-4-6-11(12(10)14-15)9(3)13(16)17/h4-9H,1-3H3,(H,16,17). The number of carboxylic acid groups (broad SMARTS) is 1. The van der Waals surface area contributed by atoms with Gasteiger partial charge in [-0.3, -0.25) is 9.48 Å². The fourth-order valence-corrected chi connectivity index (χ4v) is 1.83. The van der Waals surface area contributed by atoms with Gasteiger partial charge < -0.3 is 5.11 Å². The molecule has 0 bridgehead atoms. The number of fused-ring (bicyclic) bond motifs is 1. The third kappa shape index (κ3) is 2.02. The van der Waals surface area contributed by atoms with Crippen molar-refractivity contribution in [1.82, 2.24) is 9.78 Å². The van der Waals surface area contributed by atoms with Crippen molar-refractivity contribution in [3.63, 3.8) is 0 Å². The molecular weight excluding hydrogens is 216 g/mol. The Morgan fingerprint density at radius 2 is 2.06 bits per heavy atom. The largest absolute Gasteiger partial charge is 0.481 e. The van der Waals surface area contributed by atoms with E-state index in [9.17, 15) is 4.79 Å². The summed E-state index contributed by atoms with van der Waals surface area (Å²) in [5, 5.41) is 14.5. The summed E-state index contributed by atoms with van der Waals surface area (Å²) < 4.78 is 1.86. The fraction of sp³-hybridized carbons (Fsp3) is 0.385. The topological polar surface area (TPSA) is 55.1 Å². The summed E-state index contributed by atoms with van der Waals surface area (Å²) in [4.78, 5) is 11.0. The summed E-state index contributed by atoms with van der Waals surface area (Å²) in [6.45, 7) is 5.78. The third-order valence-electron chi connectivity index (χ3n) is 2.95. The van der Waals surface area contributed by atoms with Gasteiger partial charge in [0, 0.05) is 17.6 Å². The molecule has 0 radical (unpaired) electrons. The van der Waals surface area contributed by atoms with Crippen molar-refractivity contribution in [2.45, 2.75) is 32.7 Å². The number of hydrogen-bond acceptors (Lipinski definition) is 2. The van der Waals surface area contributed by atoms with Gasteiger partial charge in [-0.1, -0.05) is 18.2 Å². The van der Waals surface area contributed by atoms with E-state index in [-0.39, 0.29) is 6.04 Å². The molecule has 1 heterocycles. The van der Waals surface area contributed by atoms with Gasteiger partial charge in [-0.25, -0.2) is 0 Å². The number of carbonyl (C=O) groups is 1. The SMILES string of the molecule is CC(C(=O)O)c1cccc2cn(C(C)C)nc12. The number of hydrogen-bond donors (Lipinski definition) is 1. The monoisotopic (exact) mass is 232 g/mol. The predicted octanol–water partition coefficient (Wildman–Crippen LogP) is 2.81. The van der Waals surface area contributed by atoms with Crippen LogP contribution in [0.5, 0.6) is 0 Å². The smallest absolute Gasteiger partial charge is 0.310 e. The Bertz CT molecular complexity index is 558. The summed E-state index contributed by atoms with van der Waals surface area (Å²) >= 11 is 0. The second kappa shape index (κ2) is 4.20. The molecule has 1 aromatic carbocycles. The quantitative estimate of drug-likeness (QED) is 0.885. The highest BCUT2D eigenvalue weighted by Gasteiger charge is 2.18. The highest BCUT2D eigenvalue weighted by atomic mass is 16.4. The first-order valence-corrected chi connectivity index (χ1v) is 5.71. The van der Waals surface area contributed by atoms with Crippen molar-refractivity contribution in [3.8, 4) is 0 Å². The van der Waals surface area contributed by atoms with E-state index in [0.29, 0.717) is 0 Å². The minimum atomic E-state index is -0.823. The third-order valence-corrected chi connectivity index (χ3v) is 2.95. The molecule has 0 amide bonds. The molecule has 0 spiro atoms. The van der Waals surface area contributed by atoms with Crippen molar-refractivity contribution in [1.29, 1.82) is 0 Å². The second-order valence-electron chi connectivity index (χ2n) is 4.55. The predicted molar refractivity (Wildman–Crippen MR) is 66.2 cm³/mol. The van der Waals surface area contributed by atoms with Gasteiger partial charge in [-0.05, 0) is 26.3 Å². The Balaban J connectivity index is 2.60. The van der Waals surface area contributed by atoms with Crippen LogP contribution in [-0.4, -0.2) is 20.9 Å². The van der Waals surface area contributed by atoms with E-state index in [1.165, 1.54) is 0 Å². The van der Waals surface area contributed by atoms with E-state index in [4.69, 9.17) is 5.11 Å².